The van der Waals surface area contributed by atoms with Gasteiger partial charge in [0.2, 0.25) is 0 Å². The normalized spacial score (nSPS) is 25.2. The first-order chi connectivity index (χ1) is 20.5. The van der Waals surface area contributed by atoms with Crippen molar-refractivity contribution in [1.82, 2.24) is 4.57 Å². The Kier molecular flexibility index (Phi) is 15.6. The molecule has 0 aromatic carbocycles. The van der Waals surface area contributed by atoms with Crippen LogP contribution in [-0.4, -0.2) is 87.3 Å². The molecule has 0 saturated heterocycles. The van der Waals surface area contributed by atoms with Crippen LogP contribution in [0.4, 0.5) is 0 Å². The zero-order valence-electron chi connectivity index (χ0n) is 27.8. The van der Waals surface area contributed by atoms with Crippen LogP contribution in [0.15, 0.2) is 34.3 Å². The maximum atomic E-state index is 13.2. The van der Waals surface area contributed by atoms with Crippen LogP contribution in [0.5, 0.6) is 5.75 Å². The van der Waals surface area contributed by atoms with Crippen molar-refractivity contribution in [3.05, 3.63) is 51.0 Å². The van der Waals surface area contributed by atoms with Crippen LogP contribution in [0.1, 0.15) is 70.9 Å². The van der Waals surface area contributed by atoms with Crippen molar-refractivity contribution in [1.29, 1.82) is 0 Å². The molecule has 1 saturated carbocycles. The summed E-state index contributed by atoms with van der Waals surface area (Å²) in [7, 11) is 7.83. The van der Waals surface area contributed by atoms with Gasteiger partial charge in [0.1, 0.15) is 31.5 Å². The third-order valence-electron chi connectivity index (χ3n) is 8.55. The second-order valence-corrected chi connectivity index (χ2v) is 11.9. The molecular weight excluding hydrogens is 554 g/mol. The molecular formula is C33H55NO9. The molecule has 0 aliphatic heterocycles. The highest BCUT2D eigenvalue weighted by Crippen LogP contribution is 2.45. The van der Waals surface area contributed by atoms with E-state index in [0.717, 1.165) is 24.0 Å². The summed E-state index contributed by atoms with van der Waals surface area (Å²) >= 11 is 0. The number of nitrogens with zero attached hydrogens (tertiary/aromatic N) is 1. The summed E-state index contributed by atoms with van der Waals surface area (Å²) in [6, 6.07) is 0. The van der Waals surface area contributed by atoms with Crippen molar-refractivity contribution in [2.24, 2.45) is 18.9 Å². The predicted octanol–water partition coefficient (Wildman–Crippen LogP) is 4.45. The highest BCUT2D eigenvalue weighted by Gasteiger charge is 2.55. The van der Waals surface area contributed by atoms with E-state index >= 15 is 0 Å². The Balaban J connectivity index is 2.40. The van der Waals surface area contributed by atoms with Gasteiger partial charge in [-0.2, -0.15) is 0 Å². The molecule has 246 valence electrons. The molecule has 2 rings (SSSR count). The van der Waals surface area contributed by atoms with E-state index in [-0.39, 0.29) is 36.9 Å². The number of hydrogen-bond donors (Lipinski definition) is 2. The van der Waals surface area contributed by atoms with Gasteiger partial charge in [-0.1, -0.05) is 39.3 Å². The van der Waals surface area contributed by atoms with Crippen molar-refractivity contribution in [3.8, 4) is 5.75 Å². The number of aromatic hydroxyl groups is 1. The molecule has 1 aromatic rings. The Hall–Kier alpha value is -2.05. The van der Waals surface area contributed by atoms with Crippen LogP contribution in [0, 0.1) is 11.8 Å². The van der Waals surface area contributed by atoms with E-state index in [4.69, 9.17) is 28.4 Å². The minimum absolute atomic E-state index is 0.00941. The lowest BCUT2D eigenvalue weighted by Crippen LogP contribution is -2.38. The molecule has 10 nitrogen and oxygen atoms in total. The van der Waals surface area contributed by atoms with Gasteiger partial charge < -0.3 is 43.2 Å². The second-order valence-electron chi connectivity index (χ2n) is 11.9. The third-order valence-corrected chi connectivity index (χ3v) is 8.55. The number of aliphatic hydroxyl groups is 1. The van der Waals surface area contributed by atoms with Gasteiger partial charge in [-0.15, -0.1) is 0 Å². The van der Waals surface area contributed by atoms with E-state index in [9.17, 15) is 15.0 Å². The standard InChI is InChI=1S/C33H55NO9/c1-11-20(2)15-21(3)16-23(5)27(35)22(4)13-12-14-24-28(36)25(17-34(6)33(24)37)26-29(42-18-38-7)31(40-9)32(41-10)30(26)43-19-39-8/h13,16-17,20-21,26-27,29-32,35-36H,11-12,14-15,18-19H2,1-10H3/b22-13-,23-16+/t20-,21+,26?,27+,29-,30+,31-,32+/m1/s1. The fourth-order valence-corrected chi connectivity index (χ4v) is 6.16. The van der Waals surface area contributed by atoms with E-state index in [1.807, 2.05) is 19.9 Å². The Morgan fingerprint density at radius 2 is 1.53 bits per heavy atom. The number of aryl methyl sites for hydroxylation is 1. The van der Waals surface area contributed by atoms with Gasteiger partial charge in [-0.05, 0) is 56.1 Å². The maximum absolute atomic E-state index is 13.2. The van der Waals surface area contributed by atoms with Gasteiger partial charge in [0, 0.05) is 53.2 Å². The largest absolute Gasteiger partial charge is 0.507 e. The predicted molar refractivity (Wildman–Crippen MR) is 166 cm³/mol. The third kappa shape index (κ3) is 9.47. The molecule has 8 atom stereocenters. The molecule has 1 aliphatic rings. The molecule has 2 N–H and O–H groups in total. The average Bonchev–Trinajstić information content (AvgIpc) is 3.29. The van der Waals surface area contributed by atoms with Gasteiger partial charge in [0.05, 0.1) is 23.9 Å². The average molecular weight is 610 g/mol. The van der Waals surface area contributed by atoms with Gasteiger partial charge in [-0.25, -0.2) is 0 Å². The Bertz CT molecular complexity index is 1090. The van der Waals surface area contributed by atoms with Crippen LogP contribution in [0.2, 0.25) is 0 Å². The van der Waals surface area contributed by atoms with E-state index in [0.29, 0.717) is 23.8 Å². The van der Waals surface area contributed by atoms with Gasteiger partial charge in [0.25, 0.3) is 5.56 Å². The summed E-state index contributed by atoms with van der Waals surface area (Å²) in [5, 5.41) is 22.5. The zero-order chi connectivity index (χ0) is 32.3. The quantitative estimate of drug-likeness (QED) is 0.184. The van der Waals surface area contributed by atoms with Crippen molar-refractivity contribution in [2.45, 2.75) is 96.7 Å². The summed E-state index contributed by atoms with van der Waals surface area (Å²) in [6.07, 6.45) is 5.65. The van der Waals surface area contributed by atoms with Crippen LogP contribution >= 0.6 is 0 Å². The van der Waals surface area contributed by atoms with E-state index in [1.165, 1.54) is 18.8 Å². The van der Waals surface area contributed by atoms with E-state index in [2.05, 4.69) is 26.8 Å². The second kappa shape index (κ2) is 18.0. The number of rotatable bonds is 18. The zero-order valence-corrected chi connectivity index (χ0v) is 27.8. The van der Waals surface area contributed by atoms with Gasteiger partial charge in [0.15, 0.2) is 0 Å². The lowest BCUT2D eigenvalue weighted by Gasteiger charge is -2.27. The van der Waals surface area contributed by atoms with Crippen LogP contribution < -0.4 is 5.56 Å². The Morgan fingerprint density at radius 1 is 0.977 bits per heavy atom. The number of methoxy groups -OCH3 is 4. The minimum Gasteiger partial charge on any atom is -0.507 e. The number of aliphatic hydroxyl groups excluding tert-OH is 1. The topological polar surface area (TPSA) is 118 Å². The highest BCUT2D eigenvalue weighted by molar-refractivity contribution is 5.43. The molecule has 0 bridgehead atoms. The van der Waals surface area contributed by atoms with Crippen molar-refractivity contribution in [2.75, 3.05) is 42.0 Å². The summed E-state index contributed by atoms with van der Waals surface area (Å²) in [6.45, 7) is 10.4. The first-order valence-corrected chi connectivity index (χ1v) is 15.2. The lowest BCUT2D eigenvalue weighted by molar-refractivity contribution is -0.141. The fraction of sp³-hybridized carbons (Fsp3) is 0.727. The molecule has 43 heavy (non-hydrogen) atoms. The molecule has 0 amide bonds. The number of ether oxygens (including phenoxy) is 6. The molecule has 0 spiro atoms. The number of pyridine rings is 1. The van der Waals surface area contributed by atoms with Crippen molar-refractivity contribution < 1.29 is 38.6 Å². The lowest BCUT2D eigenvalue weighted by atomic mass is 9.91. The summed E-state index contributed by atoms with van der Waals surface area (Å²) in [4.78, 5) is 13.2. The molecule has 10 heteroatoms. The van der Waals surface area contributed by atoms with Gasteiger partial charge in [-0.3, -0.25) is 4.79 Å². The minimum atomic E-state index is -0.699. The van der Waals surface area contributed by atoms with E-state index in [1.54, 1.807) is 27.5 Å². The molecule has 1 aliphatic carbocycles. The molecule has 0 radical (unpaired) electrons. The van der Waals surface area contributed by atoms with E-state index < -0.39 is 36.4 Å². The number of allylic oxidation sites excluding steroid dienone is 2. The summed E-state index contributed by atoms with van der Waals surface area (Å²) in [5.41, 5.74) is 2.18. The fourth-order valence-electron chi connectivity index (χ4n) is 6.16. The molecule has 1 unspecified atom stereocenters. The Labute approximate surface area is 257 Å². The molecule has 1 aromatic heterocycles. The number of hydrogen-bond acceptors (Lipinski definition) is 9. The van der Waals surface area contributed by atoms with Crippen LogP contribution in [0.3, 0.4) is 0 Å². The summed E-state index contributed by atoms with van der Waals surface area (Å²) < 4.78 is 35.5. The molecule has 1 heterocycles. The SMILES string of the molecule is CC[C@@H](C)C[C@H](C)/C=C(\C)[C@@H](O)/C(C)=C\CCc1c(O)c(C2[C@@H](OCOC)[C@@H](OC)[C@@H](OC)[C@H]2OCOC)cn(C)c1=O. The van der Waals surface area contributed by atoms with Crippen molar-refractivity contribution in [3.63, 3.8) is 0 Å². The first-order valence-electron chi connectivity index (χ1n) is 15.2. The van der Waals surface area contributed by atoms with Crippen LogP contribution in [0.25, 0.3) is 0 Å². The first kappa shape index (κ1) is 37.1. The molecule has 1 fully saturated rings. The summed E-state index contributed by atoms with van der Waals surface area (Å²) in [5.74, 6) is 0.334. The van der Waals surface area contributed by atoms with Crippen molar-refractivity contribution >= 4 is 0 Å². The smallest absolute Gasteiger partial charge is 0.257 e. The highest BCUT2D eigenvalue weighted by atomic mass is 16.7. The monoisotopic (exact) mass is 609 g/mol. The maximum Gasteiger partial charge on any atom is 0.257 e. The van der Waals surface area contributed by atoms with Crippen LogP contribution in [-0.2, 0) is 41.9 Å². The number of aromatic nitrogens is 1. The van der Waals surface area contributed by atoms with Gasteiger partial charge >= 0.3 is 0 Å². The Morgan fingerprint density at radius 3 is 2.02 bits per heavy atom.